The maximum atomic E-state index is 12.7. The fraction of sp³-hybridized carbons (Fsp3) is 0.381. The average molecular weight is 400 g/mol. The molecule has 1 fully saturated rings. The molecule has 148 valence electrons. The quantitative estimate of drug-likeness (QED) is 0.703. The lowest BCUT2D eigenvalue weighted by molar-refractivity contribution is -0.134. The Morgan fingerprint density at radius 1 is 1.21 bits per heavy atom. The van der Waals surface area contributed by atoms with E-state index >= 15 is 0 Å². The van der Waals surface area contributed by atoms with Crippen molar-refractivity contribution in [2.24, 2.45) is 0 Å². The van der Waals surface area contributed by atoms with Gasteiger partial charge in [0.05, 0.1) is 0 Å². The third-order valence-electron chi connectivity index (χ3n) is 4.97. The van der Waals surface area contributed by atoms with Crippen LogP contribution in [0.15, 0.2) is 41.8 Å². The van der Waals surface area contributed by atoms with Gasteiger partial charge in [-0.25, -0.2) is 4.79 Å². The number of nitrogens with zero attached hydrogens (tertiary/aromatic N) is 1. The van der Waals surface area contributed by atoms with Gasteiger partial charge < -0.3 is 10.6 Å². The molecule has 6 nitrogen and oxygen atoms in total. The number of urea groups is 1. The second-order valence-corrected chi connectivity index (χ2v) is 8.37. The maximum absolute atomic E-state index is 12.7. The second kappa shape index (κ2) is 8.14. The number of thiophene rings is 1. The van der Waals surface area contributed by atoms with Gasteiger partial charge in [0, 0.05) is 11.4 Å². The standard InChI is InChI=1S/C21H25N3O3S/c1-14(2)16-8-6-15(7-9-16)10-11-22-18(25)13-24-19(26)21(3,23-20(24)27)17-5-4-12-28-17/h4-9,12,14H,10-11,13H2,1-3H3,(H,22,25)(H,23,27). The number of benzene rings is 1. The first-order chi connectivity index (χ1) is 13.3. The third kappa shape index (κ3) is 4.09. The lowest BCUT2D eigenvalue weighted by Crippen LogP contribution is -2.43. The topological polar surface area (TPSA) is 78.5 Å². The summed E-state index contributed by atoms with van der Waals surface area (Å²) in [5, 5.41) is 7.34. The van der Waals surface area contributed by atoms with E-state index in [2.05, 4.69) is 48.7 Å². The van der Waals surface area contributed by atoms with Gasteiger partial charge in [0.25, 0.3) is 5.91 Å². The van der Waals surface area contributed by atoms with E-state index in [0.29, 0.717) is 18.9 Å². The number of imide groups is 1. The smallest absolute Gasteiger partial charge is 0.325 e. The Morgan fingerprint density at radius 3 is 2.54 bits per heavy atom. The summed E-state index contributed by atoms with van der Waals surface area (Å²) in [6, 6.07) is 11.4. The van der Waals surface area contributed by atoms with E-state index in [9.17, 15) is 14.4 Å². The summed E-state index contributed by atoms with van der Waals surface area (Å²) in [5.74, 6) is -0.269. The highest BCUT2D eigenvalue weighted by atomic mass is 32.1. The molecule has 0 aliphatic carbocycles. The van der Waals surface area contributed by atoms with Crippen LogP contribution in [-0.2, 0) is 21.5 Å². The van der Waals surface area contributed by atoms with Crippen molar-refractivity contribution in [2.75, 3.05) is 13.1 Å². The van der Waals surface area contributed by atoms with Gasteiger partial charge in [-0.3, -0.25) is 14.5 Å². The number of rotatable bonds is 7. The summed E-state index contributed by atoms with van der Waals surface area (Å²) >= 11 is 1.40. The molecule has 1 unspecified atom stereocenters. The molecule has 28 heavy (non-hydrogen) atoms. The summed E-state index contributed by atoms with van der Waals surface area (Å²) in [5.41, 5.74) is 1.30. The zero-order chi connectivity index (χ0) is 20.3. The van der Waals surface area contributed by atoms with Gasteiger partial charge in [-0.15, -0.1) is 11.3 Å². The maximum Gasteiger partial charge on any atom is 0.325 e. The predicted octanol–water partition coefficient (Wildman–Crippen LogP) is 3.00. The van der Waals surface area contributed by atoms with Gasteiger partial charge in [-0.05, 0) is 41.8 Å². The van der Waals surface area contributed by atoms with E-state index in [0.717, 1.165) is 15.3 Å². The molecule has 2 heterocycles. The van der Waals surface area contributed by atoms with Crippen LogP contribution in [0.3, 0.4) is 0 Å². The van der Waals surface area contributed by atoms with E-state index in [1.807, 2.05) is 11.4 Å². The van der Waals surface area contributed by atoms with Crippen LogP contribution in [0.4, 0.5) is 4.79 Å². The molecule has 0 saturated carbocycles. The van der Waals surface area contributed by atoms with Crippen molar-refractivity contribution in [2.45, 2.75) is 38.6 Å². The first-order valence-corrected chi connectivity index (χ1v) is 10.2. The predicted molar refractivity (Wildman–Crippen MR) is 109 cm³/mol. The SMILES string of the molecule is CC(C)c1ccc(CCNC(=O)CN2C(=O)NC(C)(c3cccs3)C2=O)cc1. The Morgan fingerprint density at radius 2 is 1.93 bits per heavy atom. The molecule has 7 heteroatoms. The Labute approximate surface area is 168 Å². The van der Waals surface area contributed by atoms with Crippen LogP contribution >= 0.6 is 11.3 Å². The molecule has 1 aliphatic heterocycles. The number of carbonyl (C=O) groups excluding carboxylic acids is 3. The molecule has 3 rings (SSSR count). The van der Waals surface area contributed by atoms with Gasteiger partial charge in [-0.1, -0.05) is 44.2 Å². The van der Waals surface area contributed by atoms with Crippen molar-refractivity contribution in [3.63, 3.8) is 0 Å². The van der Waals surface area contributed by atoms with Gasteiger partial charge in [0.2, 0.25) is 5.91 Å². The number of amides is 4. The first-order valence-electron chi connectivity index (χ1n) is 9.35. The number of hydrogen-bond acceptors (Lipinski definition) is 4. The molecular formula is C21H25N3O3S. The zero-order valence-electron chi connectivity index (χ0n) is 16.3. The Hall–Kier alpha value is -2.67. The van der Waals surface area contributed by atoms with Gasteiger partial charge in [-0.2, -0.15) is 0 Å². The highest BCUT2D eigenvalue weighted by Crippen LogP contribution is 2.31. The molecular weight excluding hydrogens is 374 g/mol. The molecule has 0 radical (unpaired) electrons. The molecule has 0 bridgehead atoms. The summed E-state index contributed by atoms with van der Waals surface area (Å²) in [6.07, 6.45) is 0.692. The minimum absolute atomic E-state index is 0.280. The van der Waals surface area contributed by atoms with Crippen LogP contribution in [0.1, 0.15) is 42.7 Å². The van der Waals surface area contributed by atoms with Crippen LogP contribution < -0.4 is 10.6 Å². The molecule has 1 aromatic heterocycles. The van der Waals surface area contributed by atoms with E-state index in [-0.39, 0.29) is 12.5 Å². The van der Waals surface area contributed by atoms with Crippen molar-refractivity contribution in [3.05, 3.63) is 57.8 Å². The van der Waals surface area contributed by atoms with Crippen molar-refractivity contribution in [3.8, 4) is 0 Å². The fourth-order valence-electron chi connectivity index (χ4n) is 3.19. The fourth-order valence-corrected chi connectivity index (χ4v) is 4.02. The van der Waals surface area contributed by atoms with E-state index in [4.69, 9.17) is 0 Å². The van der Waals surface area contributed by atoms with Crippen LogP contribution in [0.25, 0.3) is 0 Å². The van der Waals surface area contributed by atoms with Crippen LogP contribution in [-0.4, -0.2) is 35.8 Å². The van der Waals surface area contributed by atoms with E-state index in [1.54, 1.807) is 13.0 Å². The monoisotopic (exact) mass is 399 g/mol. The number of carbonyl (C=O) groups is 3. The third-order valence-corrected chi connectivity index (χ3v) is 6.06. The Kier molecular flexibility index (Phi) is 5.84. The van der Waals surface area contributed by atoms with Crippen LogP contribution in [0.5, 0.6) is 0 Å². The average Bonchev–Trinajstić information content (AvgIpc) is 3.27. The zero-order valence-corrected chi connectivity index (χ0v) is 17.1. The molecule has 2 N–H and O–H groups in total. The summed E-state index contributed by atoms with van der Waals surface area (Å²) in [6.45, 7) is 6.13. The second-order valence-electron chi connectivity index (χ2n) is 7.42. The molecule has 1 aliphatic rings. The largest absolute Gasteiger partial charge is 0.354 e. The minimum atomic E-state index is -1.11. The summed E-state index contributed by atoms with van der Waals surface area (Å²) in [7, 11) is 0. The van der Waals surface area contributed by atoms with Crippen molar-refractivity contribution < 1.29 is 14.4 Å². The molecule has 4 amide bonds. The number of nitrogens with one attached hydrogen (secondary N) is 2. The summed E-state index contributed by atoms with van der Waals surface area (Å²) < 4.78 is 0. The van der Waals surface area contributed by atoms with Crippen molar-refractivity contribution in [1.82, 2.24) is 15.5 Å². The van der Waals surface area contributed by atoms with Gasteiger partial charge >= 0.3 is 6.03 Å². The lowest BCUT2D eigenvalue weighted by atomic mass is 10.0. The highest BCUT2D eigenvalue weighted by Gasteiger charge is 2.50. The Balaban J connectivity index is 1.52. The van der Waals surface area contributed by atoms with Crippen LogP contribution in [0, 0.1) is 0 Å². The first kappa shape index (κ1) is 20.1. The van der Waals surface area contributed by atoms with E-state index in [1.165, 1.54) is 16.9 Å². The highest BCUT2D eigenvalue weighted by molar-refractivity contribution is 7.10. The van der Waals surface area contributed by atoms with E-state index < -0.39 is 17.5 Å². The summed E-state index contributed by atoms with van der Waals surface area (Å²) in [4.78, 5) is 38.9. The van der Waals surface area contributed by atoms with Crippen molar-refractivity contribution in [1.29, 1.82) is 0 Å². The van der Waals surface area contributed by atoms with Crippen molar-refractivity contribution >= 4 is 29.2 Å². The Bertz CT molecular complexity index is 862. The normalized spacial score (nSPS) is 19.2. The van der Waals surface area contributed by atoms with Crippen LogP contribution in [0.2, 0.25) is 0 Å². The van der Waals surface area contributed by atoms with Gasteiger partial charge in [0.15, 0.2) is 5.54 Å². The van der Waals surface area contributed by atoms with Gasteiger partial charge in [0.1, 0.15) is 6.54 Å². The molecule has 1 saturated heterocycles. The molecule has 1 atom stereocenters. The molecule has 1 aromatic carbocycles. The molecule has 2 aromatic rings. The molecule has 0 spiro atoms. The minimum Gasteiger partial charge on any atom is -0.354 e. The number of hydrogen-bond donors (Lipinski definition) is 2. The lowest BCUT2D eigenvalue weighted by Gasteiger charge is -2.20.